The van der Waals surface area contributed by atoms with E-state index in [2.05, 4.69) is 20.0 Å². The SMILES string of the molecule is O=C(NCC1Cc2ccccc2CN1C(=O)c1cc(Cl)cc(Cl)c1)c1ccc(-c2noc(C(F)(F)F)n2)cc1. The van der Waals surface area contributed by atoms with Gasteiger partial charge in [-0.05, 0) is 47.9 Å². The maximum atomic E-state index is 13.5. The lowest BCUT2D eigenvalue weighted by atomic mass is 9.93. The number of aromatic nitrogens is 2. The largest absolute Gasteiger partial charge is 0.471 e. The summed E-state index contributed by atoms with van der Waals surface area (Å²) in [6, 6.07) is 17.8. The normalized spacial score (nSPS) is 15.1. The molecule has 5 rings (SSSR count). The highest BCUT2D eigenvalue weighted by atomic mass is 35.5. The molecule has 0 radical (unpaired) electrons. The van der Waals surface area contributed by atoms with Crippen molar-refractivity contribution in [2.24, 2.45) is 0 Å². The Morgan fingerprint density at radius 2 is 1.64 bits per heavy atom. The molecule has 39 heavy (non-hydrogen) atoms. The van der Waals surface area contributed by atoms with Gasteiger partial charge in [0.1, 0.15) is 0 Å². The van der Waals surface area contributed by atoms with Crippen molar-refractivity contribution in [2.75, 3.05) is 6.54 Å². The summed E-state index contributed by atoms with van der Waals surface area (Å²) in [6.07, 6.45) is -4.23. The molecule has 0 bridgehead atoms. The number of nitrogens with zero attached hydrogens (tertiary/aromatic N) is 3. The van der Waals surface area contributed by atoms with Gasteiger partial charge in [-0.3, -0.25) is 9.59 Å². The third-order valence-electron chi connectivity index (χ3n) is 6.30. The second-order valence-corrected chi connectivity index (χ2v) is 9.80. The molecule has 0 saturated carbocycles. The van der Waals surface area contributed by atoms with E-state index in [1.54, 1.807) is 23.1 Å². The van der Waals surface area contributed by atoms with Crippen molar-refractivity contribution in [3.63, 3.8) is 0 Å². The van der Waals surface area contributed by atoms with Gasteiger partial charge >= 0.3 is 12.1 Å². The number of rotatable bonds is 5. The Labute approximate surface area is 230 Å². The molecule has 1 atom stereocenters. The van der Waals surface area contributed by atoms with Crippen LogP contribution in [0.4, 0.5) is 13.2 Å². The van der Waals surface area contributed by atoms with Gasteiger partial charge in [0.25, 0.3) is 11.8 Å². The van der Waals surface area contributed by atoms with E-state index in [-0.39, 0.29) is 35.4 Å². The molecule has 2 amide bonds. The molecule has 0 saturated heterocycles. The number of hydrogen-bond donors (Lipinski definition) is 1. The second-order valence-electron chi connectivity index (χ2n) is 8.93. The van der Waals surface area contributed by atoms with Gasteiger partial charge in [-0.15, -0.1) is 0 Å². The number of benzene rings is 3. The van der Waals surface area contributed by atoms with Gasteiger partial charge in [0.05, 0.1) is 6.04 Å². The van der Waals surface area contributed by atoms with Crippen molar-refractivity contribution in [1.29, 1.82) is 0 Å². The van der Waals surface area contributed by atoms with Gasteiger partial charge in [0.15, 0.2) is 0 Å². The second kappa shape index (κ2) is 10.7. The molecule has 3 aromatic carbocycles. The molecular weight excluding hydrogens is 556 g/mol. The lowest BCUT2D eigenvalue weighted by Crippen LogP contribution is -2.50. The summed E-state index contributed by atoms with van der Waals surface area (Å²) in [7, 11) is 0. The van der Waals surface area contributed by atoms with E-state index < -0.39 is 18.0 Å². The van der Waals surface area contributed by atoms with E-state index in [4.69, 9.17) is 23.2 Å². The van der Waals surface area contributed by atoms with Crippen LogP contribution in [0.3, 0.4) is 0 Å². The topological polar surface area (TPSA) is 88.3 Å². The summed E-state index contributed by atoms with van der Waals surface area (Å²) in [4.78, 5) is 31.4. The Bertz CT molecular complexity index is 1520. The van der Waals surface area contributed by atoms with Crippen LogP contribution in [-0.4, -0.2) is 39.4 Å². The first-order valence-electron chi connectivity index (χ1n) is 11.7. The lowest BCUT2D eigenvalue weighted by Gasteiger charge is -2.37. The van der Waals surface area contributed by atoms with Gasteiger partial charge in [-0.2, -0.15) is 18.2 Å². The maximum Gasteiger partial charge on any atom is 0.471 e. The summed E-state index contributed by atoms with van der Waals surface area (Å²) in [6.45, 7) is 0.508. The molecule has 1 aliphatic rings. The van der Waals surface area contributed by atoms with Crippen LogP contribution in [-0.2, 0) is 19.1 Å². The lowest BCUT2D eigenvalue weighted by molar-refractivity contribution is -0.159. The zero-order chi connectivity index (χ0) is 27.7. The quantitative estimate of drug-likeness (QED) is 0.313. The molecule has 1 aromatic heterocycles. The fourth-order valence-electron chi connectivity index (χ4n) is 4.39. The first kappa shape index (κ1) is 26.7. The van der Waals surface area contributed by atoms with E-state index in [0.717, 1.165) is 11.1 Å². The third kappa shape index (κ3) is 5.91. The van der Waals surface area contributed by atoms with E-state index in [0.29, 0.717) is 28.6 Å². The van der Waals surface area contributed by atoms with Crippen LogP contribution in [0.1, 0.15) is 37.7 Å². The van der Waals surface area contributed by atoms with Gasteiger partial charge < -0.3 is 14.7 Å². The highest BCUT2D eigenvalue weighted by Gasteiger charge is 2.38. The molecule has 200 valence electrons. The predicted octanol–water partition coefficient (Wildman–Crippen LogP) is 6.06. The third-order valence-corrected chi connectivity index (χ3v) is 6.73. The molecule has 7 nitrogen and oxygen atoms in total. The maximum absolute atomic E-state index is 13.5. The van der Waals surface area contributed by atoms with Crippen LogP contribution in [0.2, 0.25) is 10.0 Å². The molecule has 1 aliphatic heterocycles. The molecular formula is C27H19Cl2F3N4O3. The van der Waals surface area contributed by atoms with Gasteiger partial charge in [-0.25, -0.2) is 0 Å². The van der Waals surface area contributed by atoms with Crippen molar-refractivity contribution in [3.05, 3.63) is 105 Å². The smallest absolute Gasteiger partial charge is 0.350 e. The minimum Gasteiger partial charge on any atom is -0.350 e. The predicted molar refractivity (Wildman–Crippen MR) is 137 cm³/mol. The van der Waals surface area contributed by atoms with E-state index in [1.165, 1.54) is 24.3 Å². The average molecular weight is 575 g/mol. The molecule has 4 aromatic rings. The minimum absolute atomic E-state index is 0.161. The molecule has 0 spiro atoms. The Balaban J connectivity index is 1.31. The highest BCUT2D eigenvalue weighted by Crippen LogP contribution is 2.30. The number of halogens is 5. The number of amides is 2. The standard InChI is InChI=1S/C27H19Cl2F3N4O3/c28-20-9-19(10-21(29)12-20)25(38)36-14-18-4-2-1-3-17(18)11-22(36)13-33-24(37)16-7-5-15(6-8-16)23-34-26(39-35-23)27(30,31)32/h1-10,12,22H,11,13-14H2,(H,33,37). The van der Waals surface area contributed by atoms with Crippen LogP contribution in [0.25, 0.3) is 11.4 Å². The summed E-state index contributed by atoms with van der Waals surface area (Å²) in [5.74, 6) is -2.38. The van der Waals surface area contributed by atoms with Crippen molar-refractivity contribution >= 4 is 35.0 Å². The number of alkyl halides is 3. The number of carbonyl (C=O) groups excluding carboxylic acids is 2. The molecule has 0 fully saturated rings. The van der Waals surface area contributed by atoms with Crippen molar-refractivity contribution in [1.82, 2.24) is 20.4 Å². The zero-order valence-electron chi connectivity index (χ0n) is 20.0. The number of fused-ring (bicyclic) bond motifs is 1. The Morgan fingerprint density at radius 3 is 2.28 bits per heavy atom. The molecule has 12 heteroatoms. The monoisotopic (exact) mass is 574 g/mol. The number of carbonyl (C=O) groups is 2. The number of nitrogens with one attached hydrogen (secondary N) is 1. The van der Waals surface area contributed by atoms with Gasteiger partial charge in [-0.1, -0.05) is 64.8 Å². The van der Waals surface area contributed by atoms with Crippen LogP contribution in [0.5, 0.6) is 0 Å². The van der Waals surface area contributed by atoms with Crippen LogP contribution in [0, 0.1) is 0 Å². The summed E-state index contributed by atoms with van der Waals surface area (Å²) in [5.41, 5.74) is 2.95. The van der Waals surface area contributed by atoms with Gasteiger partial charge in [0, 0.05) is 39.8 Å². The Hall–Kier alpha value is -3.89. The summed E-state index contributed by atoms with van der Waals surface area (Å²) in [5, 5.41) is 6.88. The Kier molecular flexibility index (Phi) is 7.33. The van der Waals surface area contributed by atoms with E-state index in [1.807, 2.05) is 24.3 Å². The van der Waals surface area contributed by atoms with E-state index in [9.17, 15) is 22.8 Å². The van der Waals surface area contributed by atoms with Crippen LogP contribution >= 0.6 is 23.2 Å². The summed E-state index contributed by atoms with van der Waals surface area (Å²) >= 11 is 12.2. The van der Waals surface area contributed by atoms with E-state index >= 15 is 0 Å². The zero-order valence-corrected chi connectivity index (χ0v) is 21.5. The highest BCUT2D eigenvalue weighted by molar-refractivity contribution is 6.35. The van der Waals surface area contributed by atoms with Crippen LogP contribution in [0.15, 0.2) is 71.3 Å². The molecule has 2 heterocycles. The minimum atomic E-state index is -4.75. The number of hydrogen-bond acceptors (Lipinski definition) is 5. The van der Waals surface area contributed by atoms with Gasteiger partial charge in [0.2, 0.25) is 5.82 Å². The average Bonchev–Trinajstić information content (AvgIpc) is 3.42. The fourth-order valence-corrected chi connectivity index (χ4v) is 4.92. The molecule has 0 aliphatic carbocycles. The first-order valence-corrected chi connectivity index (χ1v) is 12.5. The molecule has 1 unspecified atom stereocenters. The fraction of sp³-hybridized carbons (Fsp3) is 0.185. The van der Waals surface area contributed by atoms with Crippen molar-refractivity contribution < 1.29 is 27.3 Å². The first-order chi connectivity index (χ1) is 18.6. The molecule has 1 N–H and O–H groups in total. The Morgan fingerprint density at radius 1 is 0.974 bits per heavy atom. The van der Waals surface area contributed by atoms with Crippen molar-refractivity contribution in [3.8, 4) is 11.4 Å². The summed E-state index contributed by atoms with van der Waals surface area (Å²) < 4.78 is 42.4. The van der Waals surface area contributed by atoms with Crippen LogP contribution < -0.4 is 5.32 Å². The van der Waals surface area contributed by atoms with Crippen molar-refractivity contribution in [2.45, 2.75) is 25.2 Å².